The second-order valence-corrected chi connectivity index (χ2v) is 9.33. The Hall–Kier alpha value is -3.06. The van der Waals surface area contributed by atoms with Crippen molar-refractivity contribution in [2.24, 2.45) is 0 Å². The van der Waals surface area contributed by atoms with Crippen molar-refractivity contribution < 1.29 is 19.0 Å². The van der Waals surface area contributed by atoms with E-state index < -0.39 is 0 Å². The van der Waals surface area contributed by atoms with Gasteiger partial charge in [-0.1, -0.05) is 31.0 Å². The van der Waals surface area contributed by atoms with E-state index in [4.69, 9.17) is 14.2 Å². The summed E-state index contributed by atoms with van der Waals surface area (Å²) in [6, 6.07) is 14.0. The third kappa shape index (κ3) is 5.14. The predicted molar refractivity (Wildman–Crippen MR) is 130 cm³/mol. The van der Waals surface area contributed by atoms with Crippen molar-refractivity contribution in [3.05, 3.63) is 69.7 Å². The lowest BCUT2D eigenvalue weighted by Gasteiger charge is -2.30. The van der Waals surface area contributed by atoms with Gasteiger partial charge in [0.05, 0.1) is 26.3 Å². The van der Waals surface area contributed by atoms with E-state index in [-0.39, 0.29) is 11.3 Å². The molecule has 0 saturated heterocycles. The normalized spacial score (nSPS) is 14.6. The first-order chi connectivity index (χ1) is 16.1. The van der Waals surface area contributed by atoms with Gasteiger partial charge in [0, 0.05) is 23.8 Å². The molecule has 0 spiro atoms. The molecule has 1 aliphatic carbocycles. The van der Waals surface area contributed by atoms with Crippen LogP contribution < -0.4 is 19.5 Å². The number of hydrogen-bond acceptors (Lipinski definition) is 6. The molecule has 6 nitrogen and oxygen atoms in total. The number of hydrogen-bond donors (Lipinski definition) is 1. The fraction of sp³-hybridized carbons (Fsp3) is 0.385. The summed E-state index contributed by atoms with van der Waals surface area (Å²) in [4.78, 5) is 17.5. The average Bonchev–Trinajstić information content (AvgIpc) is 3.53. The van der Waals surface area contributed by atoms with Crippen LogP contribution in [0.5, 0.6) is 17.2 Å². The molecular weight excluding hydrogens is 436 g/mol. The van der Waals surface area contributed by atoms with E-state index in [1.807, 2.05) is 41.8 Å². The zero-order chi connectivity index (χ0) is 23.3. The Labute approximate surface area is 198 Å². The molecule has 1 fully saturated rings. The number of carbonyl (C=O) groups is 1. The number of ether oxygens (including phenoxy) is 3. The van der Waals surface area contributed by atoms with Crippen LogP contribution in [0.2, 0.25) is 0 Å². The maximum absolute atomic E-state index is 12.9. The maximum Gasteiger partial charge on any atom is 0.270 e. The molecule has 0 bridgehead atoms. The molecule has 0 radical (unpaired) electrons. The Morgan fingerprint density at radius 3 is 2.39 bits per heavy atom. The second-order valence-electron chi connectivity index (χ2n) is 8.39. The molecule has 0 unspecified atom stereocenters. The Bertz CT molecular complexity index is 1090. The van der Waals surface area contributed by atoms with E-state index >= 15 is 0 Å². The summed E-state index contributed by atoms with van der Waals surface area (Å²) in [7, 11) is 4.94. The summed E-state index contributed by atoms with van der Waals surface area (Å²) in [6.45, 7) is 0.576. The van der Waals surface area contributed by atoms with Crippen molar-refractivity contribution in [3.63, 3.8) is 0 Å². The summed E-state index contributed by atoms with van der Waals surface area (Å²) in [5, 5.41) is 5.91. The van der Waals surface area contributed by atoms with Gasteiger partial charge in [-0.2, -0.15) is 0 Å². The molecule has 1 aromatic heterocycles. The molecule has 1 amide bonds. The van der Waals surface area contributed by atoms with E-state index in [1.165, 1.54) is 16.9 Å². The Balaban J connectivity index is 1.43. The third-order valence-corrected chi connectivity index (χ3v) is 7.29. The highest BCUT2D eigenvalue weighted by atomic mass is 32.1. The van der Waals surface area contributed by atoms with Crippen LogP contribution in [0.15, 0.2) is 47.8 Å². The van der Waals surface area contributed by atoms with E-state index in [0.717, 1.165) is 47.8 Å². The van der Waals surface area contributed by atoms with Crippen molar-refractivity contribution >= 4 is 17.2 Å². The number of nitrogens with one attached hydrogen (secondary N) is 1. The highest BCUT2D eigenvalue weighted by Gasteiger charge is 2.36. The van der Waals surface area contributed by atoms with Crippen LogP contribution in [-0.2, 0) is 11.8 Å². The van der Waals surface area contributed by atoms with Gasteiger partial charge in [-0.15, -0.1) is 11.3 Å². The first-order valence-corrected chi connectivity index (χ1v) is 12.0. The molecule has 1 heterocycles. The number of amides is 1. The standard InChI is InChI=1S/C26H30N2O4S/c1-30-20-9-6-18(7-10-20)14-24-28-21(16-33-24)25(29)27-17-26(12-4-5-13-26)19-8-11-22(31-2)23(15-19)32-3/h6-11,15-16H,4-5,12-14,17H2,1-3H3,(H,27,29). The molecule has 0 aliphatic heterocycles. The van der Waals surface area contributed by atoms with Gasteiger partial charge in [-0.05, 0) is 48.2 Å². The van der Waals surface area contributed by atoms with Crippen LogP contribution in [0.3, 0.4) is 0 Å². The summed E-state index contributed by atoms with van der Waals surface area (Å²) < 4.78 is 16.1. The van der Waals surface area contributed by atoms with Crippen LogP contribution in [0.4, 0.5) is 0 Å². The minimum atomic E-state index is -0.126. The van der Waals surface area contributed by atoms with Crippen molar-refractivity contribution in [1.82, 2.24) is 10.3 Å². The van der Waals surface area contributed by atoms with Gasteiger partial charge in [-0.25, -0.2) is 4.98 Å². The molecule has 33 heavy (non-hydrogen) atoms. The number of methoxy groups -OCH3 is 3. The van der Waals surface area contributed by atoms with Crippen molar-refractivity contribution in [1.29, 1.82) is 0 Å². The van der Waals surface area contributed by atoms with Crippen LogP contribution in [0.25, 0.3) is 0 Å². The number of aromatic nitrogens is 1. The smallest absolute Gasteiger partial charge is 0.270 e. The van der Waals surface area contributed by atoms with Crippen LogP contribution in [0, 0.1) is 0 Å². The molecule has 0 atom stereocenters. The van der Waals surface area contributed by atoms with E-state index in [1.54, 1.807) is 21.3 Å². The Morgan fingerprint density at radius 1 is 1.00 bits per heavy atom. The number of benzene rings is 2. The van der Waals surface area contributed by atoms with Gasteiger partial charge in [0.15, 0.2) is 11.5 Å². The molecule has 4 rings (SSSR count). The average molecular weight is 467 g/mol. The number of carbonyl (C=O) groups excluding carboxylic acids is 1. The van der Waals surface area contributed by atoms with Crippen molar-refractivity contribution in [3.8, 4) is 17.2 Å². The molecule has 1 aliphatic rings. The monoisotopic (exact) mass is 466 g/mol. The molecule has 7 heteroatoms. The predicted octanol–water partition coefficient (Wildman–Crippen LogP) is 5.00. The van der Waals surface area contributed by atoms with Crippen molar-refractivity contribution in [2.75, 3.05) is 27.9 Å². The molecule has 1 saturated carbocycles. The zero-order valence-corrected chi connectivity index (χ0v) is 20.2. The lowest BCUT2D eigenvalue weighted by atomic mass is 9.78. The summed E-state index contributed by atoms with van der Waals surface area (Å²) in [6.07, 6.45) is 5.04. The third-order valence-electron chi connectivity index (χ3n) is 6.44. The van der Waals surface area contributed by atoms with Gasteiger partial charge in [0.1, 0.15) is 11.4 Å². The zero-order valence-electron chi connectivity index (χ0n) is 19.3. The Morgan fingerprint density at radius 2 is 1.73 bits per heavy atom. The van der Waals surface area contributed by atoms with E-state index in [2.05, 4.69) is 16.4 Å². The minimum Gasteiger partial charge on any atom is -0.497 e. The Kier molecular flexibility index (Phi) is 7.18. The molecule has 174 valence electrons. The molecular formula is C26H30N2O4S. The number of nitrogens with zero attached hydrogens (tertiary/aromatic N) is 1. The fourth-order valence-electron chi connectivity index (χ4n) is 4.54. The quantitative estimate of drug-likeness (QED) is 0.481. The van der Waals surface area contributed by atoms with Gasteiger partial charge in [0.25, 0.3) is 5.91 Å². The fourth-order valence-corrected chi connectivity index (χ4v) is 5.35. The largest absolute Gasteiger partial charge is 0.497 e. The maximum atomic E-state index is 12.9. The van der Waals surface area contributed by atoms with E-state index in [0.29, 0.717) is 24.4 Å². The SMILES string of the molecule is COc1ccc(Cc2nc(C(=O)NCC3(c4ccc(OC)c(OC)c4)CCCC3)cs2)cc1. The van der Waals surface area contributed by atoms with Crippen molar-refractivity contribution in [2.45, 2.75) is 37.5 Å². The molecule has 2 aromatic carbocycles. The molecule has 1 N–H and O–H groups in total. The molecule has 3 aromatic rings. The lowest BCUT2D eigenvalue weighted by molar-refractivity contribution is 0.0938. The summed E-state index contributed by atoms with van der Waals surface area (Å²) in [5.74, 6) is 2.13. The lowest BCUT2D eigenvalue weighted by Crippen LogP contribution is -2.39. The first kappa shape index (κ1) is 23.1. The van der Waals surface area contributed by atoms with Gasteiger partial charge >= 0.3 is 0 Å². The van der Waals surface area contributed by atoms with Crippen LogP contribution in [0.1, 0.15) is 52.3 Å². The minimum absolute atomic E-state index is 0.100. The van der Waals surface area contributed by atoms with Gasteiger partial charge < -0.3 is 19.5 Å². The second kappa shape index (κ2) is 10.3. The van der Waals surface area contributed by atoms with Gasteiger partial charge in [-0.3, -0.25) is 4.79 Å². The van der Waals surface area contributed by atoms with Crippen LogP contribution in [-0.4, -0.2) is 38.8 Å². The van der Waals surface area contributed by atoms with Gasteiger partial charge in [0.2, 0.25) is 0 Å². The number of rotatable bonds is 9. The van der Waals surface area contributed by atoms with E-state index in [9.17, 15) is 4.79 Å². The highest BCUT2D eigenvalue weighted by molar-refractivity contribution is 7.09. The van der Waals surface area contributed by atoms with Crippen LogP contribution >= 0.6 is 11.3 Å². The topological polar surface area (TPSA) is 69.7 Å². The first-order valence-electron chi connectivity index (χ1n) is 11.1. The highest BCUT2D eigenvalue weighted by Crippen LogP contribution is 2.43. The number of thiazole rings is 1. The summed E-state index contributed by atoms with van der Waals surface area (Å²) >= 11 is 1.51. The summed E-state index contributed by atoms with van der Waals surface area (Å²) in [5.41, 5.74) is 2.69.